The van der Waals surface area contributed by atoms with E-state index in [0.29, 0.717) is 16.9 Å². The van der Waals surface area contributed by atoms with Crippen molar-refractivity contribution >= 4 is 23.2 Å². The third-order valence-electron chi connectivity index (χ3n) is 4.08. The molecule has 0 saturated carbocycles. The van der Waals surface area contributed by atoms with Gasteiger partial charge in [-0.25, -0.2) is 0 Å². The zero-order valence-electron chi connectivity index (χ0n) is 13.2. The topological polar surface area (TPSA) is 26.3 Å². The van der Waals surface area contributed by atoms with Crippen LogP contribution in [-0.2, 0) is 0 Å². The number of Topliss-reactive ketones (excluding diaryl/α,β-unsaturated/α-hetero) is 1. The van der Waals surface area contributed by atoms with Crippen molar-refractivity contribution in [3.05, 3.63) is 93.2 Å². The minimum Gasteiger partial charge on any atom is -0.480 e. The molecule has 24 heavy (non-hydrogen) atoms. The van der Waals surface area contributed by atoms with Crippen molar-refractivity contribution in [3.8, 4) is 5.75 Å². The monoisotopic (exact) mass is 332 g/mol. The minimum atomic E-state index is -0.379. The predicted octanol–water partition coefficient (Wildman–Crippen LogP) is 5.46. The fourth-order valence-electron chi connectivity index (χ4n) is 2.92. The quantitative estimate of drug-likeness (QED) is 0.583. The van der Waals surface area contributed by atoms with Gasteiger partial charge in [-0.15, -0.1) is 11.3 Å². The fourth-order valence-corrected chi connectivity index (χ4v) is 3.75. The summed E-state index contributed by atoms with van der Waals surface area (Å²) in [6.45, 7) is 2.07. The molecule has 0 amide bonds. The molecular weight excluding hydrogens is 316 g/mol. The molecule has 4 rings (SSSR count). The van der Waals surface area contributed by atoms with E-state index < -0.39 is 0 Å². The summed E-state index contributed by atoms with van der Waals surface area (Å²) in [5.41, 5.74) is 2.30. The fraction of sp³-hybridized carbons (Fsp3) is 0.0952. The number of carbonyl (C=O) groups is 1. The summed E-state index contributed by atoms with van der Waals surface area (Å²) in [7, 11) is 0. The Morgan fingerprint density at radius 2 is 1.71 bits per heavy atom. The van der Waals surface area contributed by atoms with E-state index in [-0.39, 0.29) is 11.9 Å². The second kappa shape index (κ2) is 6.10. The standard InChI is InChI=1S/C21H16O2S/c1-14-11-12-16(24-14)13-18-20(22)17-9-5-6-10-19(17)23-21(18)15-7-3-2-4-8-15/h2-13,21H,1H3/b18-13-/t21-/m0/s1. The smallest absolute Gasteiger partial charge is 0.196 e. The predicted molar refractivity (Wildman–Crippen MR) is 97.6 cm³/mol. The maximum absolute atomic E-state index is 13.1. The molecule has 2 heterocycles. The normalized spacial score (nSPS) is 18.3. The zero-order valence-corrected chi connectivity index (χ0v) is 14.0. The first-order valence-electron chi connectivity index (χ1n) is 7.86. The van der Waals surface area contributed by atoms with Gasteiger partial charge in [-0.1, -0.05) is 42.5 Å². The van der Waals surface area contributed by atoms with E-state index in [4.69, 9.17) is 4.74 Å². The van der Waals surface area contributed by atoms with E-state index in [0.717, 1.165) is 10.4 Å². The molecule has 1 atom stereocenters. The van der Waals surface area contributed by atoms with Crippen LogP contribution in [0.15, 0.2) is 72.3 Å². The minimum absolute atomic E-state index is 0.0387. The molecule has 0 unspecified atom stereocenters. The molecule has 0 N–H and O–H groups in total. The first-order valence-corrected chi connectivity index (χ1v) is 8.67. The Bertz CT molecular complexity index is 922. The summed E-state index contributed by atoms with van der Waals surface area (Å²) in [5.74, 6) is 0.688. The summed E-state index contributed by atoms with van der Waals surface area (Å²) in [5, 5.41) is 0. The zero-order chi connectivity index (χ0) is 16.5. The number of fused-ring (bicyclic) bond motifs is 1. The van der Waals surface area contributed by atoms with E-state index in [1.807, 2.05) is 66.7 Å². The Kier molecular flexibility index (Phi) is 3.79. The average molecular weight is 332 g/mol. The summed E-state index contributed by atoms with van der Waals surface area (Å²) in [4.78, 5) is 15.4. The highest BCUT2D eigenvalue weighted by atomic mass is 32.1. The molecule has 2 aromatic carbocycles. The summed E-state index contributed by atoms with van der Waals surface area (Å²) >= 11 is 1.68. The van der Waals surface area contributed by atoms with Crippen molar-refractivity contribution in [2.24, 2.45) is 0 Å². The summed E-state index contributed by atoms with van der Waals surface area (Å²) in [6, 6.07) is 21.5. The number of rotatable bonds is 2. The number of hydrogen-bond acceptors (Lipinski definition) is 3. The molecule has 1 aliphatic heterocycles. The van der Waals surface area contributed by atoms with E-state index in [1.54, 1.807) is 11.3 Å². The largest absolute Gasteiger partial charge is 0.480 e. The highest BCUT2D eigenvalue weighted by molar-refractivity contribution is 7.12. The number of benzene rings is 2. The molecular formula is C21H16O2S. The van der Waals surface area contributed by atoms with Gasteiger partial charge in [-0.3, -0.25) is 4.79 Å². The third-order valence-corrected chi connectivity index (χ3v) is 5.03. The van der Waals surface area contributed by atoms with Crippen molar-refractivity contribution in [1.82, 2.24) is 0 Å². The van der Waals surface area contributed by atoms with Crippen LogP contribution in [0.4, 0.5) is 0 Å². The van der Waals surface area contributed by atoms with Crippen LogP contribution in [0.2, 0.25) is 0 Å². The lowest BCUT2D eigenvalue weighted by molar-refractivity contribution is 0.0963. The molecule has 1 aromatic heterocycles. The van der Waals surface area contributed by atoms with E-state index in [1.165, 1.54) is 4.88 Å². The van der Waals surface area contributed by atoms with Crippen LogP contribution >= 0.6 is 11.3 Å². The Hall–Kier alpha value is -2.65. The second-order valence-electron chi connectivity index (χ2n) is 5.78. The van der Waals surface area contributed by atoms with Crippen molar-refractivity contribution in [2.75, 3.05) is 0 Å². The molecule has 0 saturated heterocycles. The van der Waals surface area contributed by atoms with Gasteiger partial charge in [0, 0.05) is 15.3 Å². The van der Waals surface area contributed by atoms with Crippen molar-refractivity contribution in [3.63, 3.8) is 0 Å². The number of thiophene rings is 1. The van der Waals surface area contributed by atoms with Crippen LogP contribution in [0.3, 0.4) is 0 Å². The van der Waals surface area contributed by atoms with Gasteiger partial charge in [-0.2, -0.15) is 0 Å². The molecule has 1 aliphatic rings. The number of aryl methyl sites for hydroxylation is 1. The van der Waals surface area contributed by atoms with Gasteiger partial charge in [0.25, 0.3) is 0 Å². The van der Waals surface area contributed by atoms with Crippen molar-refractivity contribution in [2.45, 2.75) is 13.0 Å². The van der Waals surface area contributed by atoms with Crippen LogP contribution in [-0.4, -0.2) is 5.78 Å². The highest BCUT2D eigenvalue weighted by Gasteiger charge is 2.32. The first kappa shape index (κ1) is 14.9. The lowest BCUT2D eigenvalue weighted by Gasteiger charge is -2.28. The Morgan fingerprint density at radius 3 is 2.46 bits per heavy atom. The SMILES string of the molecule is Cc1ccc(/C=C2/C(=O)c3ccccc3O[C@H]2c2ccccc2)s1. The van der Waals surface area contributed by atoms with Crippen LogP contribution in [0, 0.1) is 6.92 Å². The van der Waals surface area contributed by atoms with E-state index in [2.05, 4.69) is 13.0 Å². The molecule has 3 heteroatoms. The lowest BCUT2D eigenvalue weighted by Crippen LogP contribution is -2.23. The molecule has 118 valence electrons. The molecule has 0 bridgehead atoms. The molecule has 2 nitrogen and oxygen atoms in total. The first-order chi connectivity index (χ1) is 11.7. The molecule has 0 spiro atoms. The van der Waals surface area contributed by atoms with E-state index in [9.17, 15) is 4.79 Å². The van der Waals surface area contributed by atoms with Crippen LogP contribution in [0.1, 0.15) is 31.8 Å². The van der Waals surface area contributed by atoms with Crippen LogP contribution in [0.5, 0.6) is 5.75 Å². The van der Waals surface area contributed by atoms with Crippen LogP contribution in [0.25, 0.3) is 6.08 Å². The Balaban J connectivity index is 1.86. The van der Waals surface area contributed by atoms with Gasteiger partial charge in [0.15, 0.2) is 11.9 Å². The molecule has 3 aromatic rings. The Labute approximate surface area is 145 Å². The maximum Gasteiger partial charge on any atom is 0.196 e. The van der Waals surface area contributed by atoms with E-state index >= 15 is 0 Å². The van der Waals surface area contributed by atoms with Crippen LogP contribution < -0.4 is 4.74 Å². The number of hydrogen-bond donors (Lipinski definition) is 0. The second-order valence-corrected chi connectivity index (χ2v) is 7.10. The lowest BCUT2D eigenvalue weighted by atomic mass is 9.90. The van der Waals surface area contributed by atoms with Gasteiger partial charge in [0.1, 0.15) is 5.75 Å². The Morgan fingerprint density at radius 1 is 0.958 bits per heavy atom. The maximum atomic E-state index is 13.1. The van der Waals surface area contributed by atoms with Crippen molar-refractivity contribution < 1.29 is 9.53 Å². The molecule has 0 radical (unpaired) electrons. The highest BCUT2D eigenvalue weighted by Crippen LogP contribution is 2.39. The number of ether oxygens (including phenoxy) is 1. The summed E-state index contributed by atoms with van der Waals surface area (Å²) in [6.07, 6.45) is 1.59. The number of ketones is 1. The van der Waals surface area contributed by atoms with Gasteiger partial charge >= 0.3 is 0 Å². The van der Waals surface area contributed by atoms with Gasteiger partial charge in [0.05, 0.1) is 5.56 Å². The average Bonchev–Trinajstić information content (AvgIpc) is 3.03. The van der Waals surface area contributed by atoms with Gasteiger partial charge < -0.3 is 4.74 Å². The molecule has 0 fully saturated rings. The van der Waals surface area contributed by atoms with Gasteiger partial charge in [0.2, 0.25) is 0 Å². The number of carbonyl (C=O) groups excluding carboxylic acids is 1. The van der Waals surface area contributed by atoms with Gasteiger partial charge in [-0.05, 0) is 42.8 Å². The van der Waals surface area contributed by atoms with Crippen molar-refractivity contribution in [1.29, 1.82) is 0 Å². The summed E-state index contributed by atoms with van der Waals surface area (Å²) < 4.78 is 6.20. The molecule has 0 aliphatic carbocycles. The third kappa shape index (κ3) is 2.68. The number of para-hydroxylation sites is 1.